The summed E-state index contributed by atoms with van der Waals surface area (Å²) < 4.78 is 27.8. The van der Waals surface area contributed by atoms with Crippen LogP contribution in [0.15, 0.2) is 49.2 Å². The van der Waals surface area contributed by atoms with Gasteiger partial charge in [0.05, 0.1) is 19.4 Å². The number of rotatable bonds is 6. The van der Waals surface area contributed by atoms with E-state index in [1.807, 2.05) is 25.1 Å². The van der Waals surface area contributed by atoms with Crippen LogP contribution in [0.2, 0.25) is 0 Å². The number of aromatic nitrogens is 5. The molecule has 186 valence electrons. The molecule has 0 saturated carbocycles. The van der Waals surface area contributed by atoms with Crippen molar-refractivity contribution in [1.29, 1.82) is 0 Å². The summed E-state index contributed by atoms with van der Waals surface area (Å²) in [6, 6.07) is 9.18. The molecule has 5 rings (SSSR count). The molecule has 4 aromatic rings. The highest BCUT2D eigenvalue weighted by Crippen LogP contribution is 2.32. The third kappa shape index (κ3) is 5.30. The number of aromatic amines is 1. The topological polar surface area (TPSA) is 112 Å². The number of fused-ring (bicyclic) bond motifs is 1. The lowest BCUT2D eigenvalue weighted by Crippen LogP contribution is -2.40. The van der Waals surface area contributed by atoms with Crippen LogP contribution in [0.4, 0.5) is 26.0 Å². The number of likely N-dealkylation sites (tertiary alicyclic amines) is 1. The number of hydrogen-bond acceptors (Lipinski definition) is 7. The molecule has 0 aliphatic carbocycles. The predicted octanol–water partition coefficient (Wildman–Crippen LogP) is 4.53. The molecule has 3 N–H and O–H groups in total. The van der Waals surface area contributed by atoms with Crippen LogP contribution in [0.1, 0.15) is 24.8 Å². The van der Waals surface area contributed by atoms with E-state index in [0.29, 0.717) is 47.7 Å². The lowest BCUT2D eigenvalue weighted by Gasteiger charge is -2.23. The Hall–Kier alpha value is -3.99. The first-order chi connectivity index (χ1) is 17.4. The summed E-state index contributed by atoms with van der Waals surface area (Å²) in [5.74, 6) is -2.52. The fraction of sp³-hybridized carbons (Fsp3) is 0.320. The molecular formula is C25H26F2N8O. The molecule has 3 aromatic heterocycles. The van der Waals surface area contributed by atoms with Crippen LogP contribution >= 0.6 is 0 Å². The predicted molar refractivity (Wildman–Crippen MR) is 133 cm³/mol. The minimum atomic E-state index is -2.76. The maximum atomic E-state index is 13.9. The molecule has 0 spiro atoms. The Kier molecular flexibility index (Phi) is 6.55. The second-order valence-corrected chi connectivity index (χ2v) is 8.95. The summed E-state index contributed by atoms with van der Waals surface area (Å²) in [6.07, 6.45) is 5.69. The number of nitrogens with zero attached hydrogens (tertiary/aromatic N) is 5. The number of halogens is 2. The van der Waals surface area contributed by atoms with E-state index in [1.165, 1.54) is 11.2 Å². The van der Waals surface area contributed by atoms with Crippen molar-refractivity contribution >= 4 is 34.3 Å². The molecule has 0 unspecified atom stereocenters. The van der Waals surface area contributed by atoms with Gasteiger partial charge in [0, 0.05) is 29.6 Å². The monoisotopic (exact) mass is 492 g/mol. The van der Waals surface area contributed by atoms with E-state index in [-0.39, 0.29) is 18.9 Å². The number of carbonyl (C=O) groups is 1. The van der Waals surface area contributed by atoms with E-state index in [2.05, 4.69) is 35.6 Å². The molecule has 36 heavy (non-hydrogen) atoms. The molecule has 1 fully saturated rings. The molecule has 0 radical (unpaired) electrons. The minimum absolute atomic E-state index is 0.0789. The highest BCUT2D eigenvalue weighted by atomic mass is 19.3. The van der Waals surface area contributed by atoms with Crippen LogP contribution in [-0.2, 0) is 4.79 Å². The van der Waals surface area contributed by atoms with Gasteiger partial charge >= 0.3 is 0 Å². The zero-order chi connectivity index (χ0) is 25.1. The lowest BCUT2D eigenvalue weighted by atomic mass is 10.1. The second-order valence-electron chi connectivity index (χ2n) is 8.95. The van der Waals surface area contributed by atoms with E-state index >= 15 is 0 Å². The van der Waals surface area contributed by atoms with Crippen molar-refractivity contribution in [1.82, 2.24) is 29.8 Å². The number of benzene rings is 1. The van der Waals surface area contributed by atoms with Gasteiger partial charge < -0.3 is 15.6 Å². The highest BCUT2D eigenvalue weighted by molar-refractivity contribution is 5.94. The number of anilines is 3. The summed E-state index contributed by atoms with van der Waals surface area (Å²) in [6.45, 7) is 1.95. The molecule has 11 heteroatoms. The Balaban J connectivity index is 1.34. The molecule has 1 aliphatic rings. The van der Waals surface area contributed by atoms with Crippen molar-refractivity contribution < 1.29 is 13.6 Å². The number of alkyl halides is 2. The van der Waals surface area contributed by atoms with E-state index in [0.717, 1.165) is 16.8 Å². The summed E-state index contributed by atoms with van der Waals surface area (Å²) in [5, 5.41) is 6.18. The molecule has 1 aromatic carbocycles. The molecule has 1 amide bonds. The van der Waals surface area contributed by atoms with Crippen molar-refractivity contribution in [2.75, 3.05) is 30.3 Å². The Bertz CT molecular complexity index is 1390. The third-order valence-corrected chi connectivity index (χ3v) is 6.15. The van der Waals surface area contributed by atoms with Crippen molar-refractivity contribution in [3.8, 4) is 11.3 Å². The van der Waals surface area contributed by atoms with Crippen LogP contribution in [0, 0.1) is 6.92 Å². The van der Waals surface area contributed by atoms with Gasteiger partial charge in [0.25, 0.3) is 5.92 Å². The van der Waals surface area contributed by atoms with E-state index < -0.39 is 12.5 Å². The number of hydrogen-bond donors (Lipinski definition) is 3. The maximum absolute atomic E-state index is 13.9. The molecule has 0 atom stereocenters. The first kappa shape index (κ1) is 23.7. The number of carbonyl (C=O) groups excluding carboxylic acids is 1. The van der Waals surface area contributed by atoms with Gasteiger partial charge in [0.15, 0.2) is 5.65 Å². The van der Waals surface area contributed by atoms with E-state index in [9.17, 15) is 13.6 Å². The van der Waals surface area contributed by atoms with Gasteiger partial charge in [0.2, 0.25) is 5.91 Å². The smallest absolute Gasteiger partial charge is 0.260 e. The molecule has 9 nitrogen and oxygen atoms in total. The normalized spacial score (nSPS) is 16.0. The summed E-state index contributed by atoms with van der Waals surface area (Å²) >= 11 is 0. The number of aryl methyl sites for hydroxylation is 1. The summed E-state index contributed by atoms with van der Waals surface area (Å²) in [5.41, 5.74) is 4.90. The highest BCUT2D eigenvalue weighted by Gasteiger charge is 2.33. The lowest BCUT2D eigenvalue weighted by molar-refractivity contribution is -0.118. The number of H-pyrrole nitrogens is 1. The minimum Gasteiger partial charge on any atom is -0.341 e. The van der Waals surface area contributed by atoms with E-state index in [4.69, 9.17) is 0 Å². The first-order valence-electron chi connectivity index (χ1n) is 11.8. The maximum Gasteiger partial charge on any atom is 0.260 e. The summed E-state index contributed by atoms with van der Waals surface area (Å²) in [7, 11) is 0. The van der Waals surface area contributed by atoms with Crippen LogP contribution in [0.3, 0.4) is 0 Å². The van der Waals surface area contributed by atoms with Crippen LogP contribution in [0.5, 0.6) is 0 Å². The average Bonchev–Trinajstić information content (AvgIpc) is 3.26. The average molecular weight is 493 g/mol. The van der Waals surface area contributed by atoms with Gasteiger partial charge in [-0.05, 0) is 56.1 Å². The molecular weight excluding hydrogens is 466 g/mol. The van der Waals surface area contributed by atoms with Gasteiger partial charge in [-0.1, -0.05) is 6.07 Å². The Morgan fingerprint density at radius 1 is 1.17 bits per heavy atom. The second kappa shape index (κ2) is 9.94. The molecule has 4 heterocycles. The quantitative estimate of drug-likeness (QED) is 0.363. The van der Waals surface area contributed by atoms with Gasteiger partial charge in [-0.2, -0.15) is 0 Å². The zero-order valence-electron chi connectivity index (χ0n) is 19.8. The first-order valence-corrected chi connectivity index (χ1v) is 11.8. The number of imidazole rings is 1. The van der Waals surface area contributed by atoms with Gasteiger partial charge in [-0.3, -0.25) is 9.69 Å². The largest absolute Gasteiger partial charge is 0.341 e. The van der Waals surface area contributed by atoms with E-state index in [1.54, 1.807) is 24.7 Å². The molecule has 1 saturated heterocycles. The third-order valence-electron chi connectivity index (χ3n) is 6.15. The van der Waals surface area contributed by atoms with Gasteiger partial charge in [-0.25, -0.2) is 28.7 Å². The van der Waals surface area contributed by atoms with Crippen molar-refractivity contribution in [2.45, 2.75) is 32.1 Å². The summed E-state index contributed by atoms with van der Waals surface area (Å²) in [4.78, 5) is 34.5. The van der Waals surface area contributed by atoms with Gasteiger partial charge in [-0.15, -0.1) is 0 Å². The van der Waals surface area contributed by atoms with Crippen LogP contribution < -0.4 is 10.6 Å². The fourth-order valence-electron chi connectivity index (χ4n) is 4.37. The fourth-order valence-corrected chi connectivity index (χ4v) is 4.37. The number of nitrogens with one attached hydrogen (secondary N) is 3. The Morgan fingerprint density at radius 2 is 2.06 bits per heavy atom. The van der Waals surface area contributed by atoms with Gasteiger partial charge in [0.1, 0.15) is 23.4 Å². The molecule has 0 bridgehead atoms. The van der Waals surface area contributed by atoms with Crippen molar-refractivity contribution in [2.24, 2.45) is 0 Å². The van der Waals surface area contributed by atoms with Crippen molar-refractivity contribution in [3.05, 3.63) is 54.7 Å². The standard InChI is InChI=1S/C25H26F2N8O/c1-16-6-7-17(33-20(36)12-35-10-3-2-8-25(26,27)13-35)11-19(16)34-23-18(5-4-9-28-23)21-22-24(31-14-29-21)32-15-30-22/h4-7,9,11,14-15H,2-3,8,10,12-13H2,1H3,(H,28,34)(H,33,36)(H,29,30,31,32). The Labute approximate surface area is 206 Å². The van der Waals surface area contributed by atoms with Crippen molar-refractivity contribution in [3.63, 3.8) is 0 Å². The van der Waals surface area contributed by atoms with Crippen LogP contribution in [0.25, 0.3) is 22.4 Å². The number of pyridine rings is 1. The molecule has 1 aliphatic heterocycles. The Morgan fingerprint density at radius 3 is 2.94 bits per heavy atom. The number of amides is 1. The van der Waals surface area contributed by atoms with Crippen LogP contribution in [-0.4, -0.2) is 61.3 Å². The SMILES string of the molecule is Cc1ccc(NC(=O)CN2CCCCC(F)(F)C2)cc1Nc1ncccc1-c1ncnc2nc[nH]c12. The zero-order valence-corrected chi connectivity index (χ0v) is 19.8.